The molecule has 0 unspecified atom stereocenters. The third-order valence-corrected chi connectivity index (χ3v) is 14.4. The maximum atomic E-state index is 14.6. The van der Waals surface area contributed by atoms with E-state index >= 15 is 0 Å². The highest BCUT2D eigenvalue weighted by molar-refractivity contribution is 7.87. The molecule has 0 bridgehead atoms. The predicted octanol–water partition coefficient (Wildman–Crippen LogP) is 4.32. The van der Waals surface area contributed by atoms with Crippen molar-refractivity contribution < 1.29 is 79.2 Å². The van der Waals surface area contributed by atoms with Gasteiger partial charge in [0, 0.05) is 22.1 Å². The lowest BCUT2D eigenvalue weighted by Crippen LogP contribution is -2.25. The fourth-order valence-corrected chi connectivity index (χ4v) is 10.3. The van der Waals surface area contributed by atoms with Gasteiger partial charge in [0.05, 0.1) is 43.5 Å². The number of aromatic amines is 1. The number of rotatable bonds is 13. The van der Waals surface area contributed by atoms with Crippen LogP contribution >= 0.6 is 11.6 Å². The molecule has 8 N–H and O–H groups in total. The Labute approximate surface area is 391 Å². The van der Waals surface area contributed by atoms with Crippen LogP contribution in [0, 0.1) is 0 Å². The third-order valence-electron chi connectivity index (χ3n) is 9.90. The minimum absolute atomic E-state index is 0.144. The van der Waals surface area contributed by atoms with Crippen molar-refractivity contribution in [2.24, 2.45) is 0 Å². The number of nitrogens with zero attached hydrogens (tertiary/aromatic N) is 3. The molecule has 0 radical (unpaired) electrons. The summed E-state index contributed by atoms with van der Waals surface area (Å²) in [5.74, 6) is -3.08. The SMILES string of the molecule is O=C(c1cccc(S(=O)(=O)O)c1)c1c2c3c(c(Nc4cc(Nc5nc(Cl)nc(Oc6ccc(S(=O)(=O)O)cc6)n5)c(S(=O)(=O)O)cc4S(=O)(=O)O)cc(S(=O)(=O)O)c3[nH]c1=O)C(=O)c1ccccc1-2. The highest BCUT2D eigenvalue weighted by Crippen LogP contribution is 2.46. The van der Waals surface area contributed by atoms with Crippen LogP contribution in [0.2, 0.25) is 5.28 Å². The van der Waals surface area contributed by atoms with E-state index in [2.05, 4.69) is 30.6 Å². The van der Waals surface area contributed by atoms with E-state index in [4.69, 9.17) is 16.3 Å². The lowest BCUT2D eigenvalue weighted by Gasteiger charge is -2.25. The highest BCUT2D eigenvalue weighted by Gasteiger charge is 2.37. The average Bonchev–Trinajstić information content (AvgIpc) is 3.23. The van der Waals surface area contributed by atoms with Crippen molar-refractivity contribution in [2.45, 2.75) is 24.5 Å². The number of benzene rings is 5. The first-order valence-corrected chi connectivity index (χ1v) is 25.9. The van der Waals surface area contributed by atoms with Crippen molar-refractivity contribution >= 4 is 108 Å². The molecule has 69 heavy (non-hydrogen) atoms. The Hall–Kier alpha value is -7.10. The number of hydrogen-bond acceptors (Lipinski definition) is 19. The second-order valence-electron chi connectivity index (χ2n) is 14.2. The molecular formula is C38H23ClN6O19S5. The zero-order valence-corrected chi connectivity index (χ0v) is 38.2. The van der Waals surface area contributed by atoms with Crippen molar-refractivity contribution in [2.75, 3.05) is 10.6 Å². The van der Waals surface area contributed by atoms with Crippen molar-refractivity contribution in [1.82, 2.24) is 19.9 Å². The normalized spacial score (nSPS) is 12.9. The van der Waals surface area contributed by atoms with Gasteiger partial charge >= 0.3 is 6.01 Å². The zero-order valence-electron chi connectivity index (χ0n) is 33.4. The average molecular weight is 1060 g/mol. The van der Waals surface area contributed by atoms with Gasteiger partial charge in [-0.3, -0.25) is 37.1 Å². The van der Waals surface area contributed by atoms with Gasteiger partial charge in [0.15, 0.2) is 11.6 Å². The molecule has 0 spiro atoms. The molecule has 0 saturated heterocycles. The largest absolute Gasteiger partial charge is 0.424 e. The first kappa shape index (κ1) is 48.4. The first-order valence-electron chi connectivity index (χ1n) is 18.4. The smallest absolute Gasteiger partial charge is 0.328 e. The quantitative estimate of drug-likeness (QED) is 0.0588. The van der Waals surface area contributed by atoms with Crippen LogP contribution in [-0.2, 0) is 50.6 Å². The van der Waals surface area contributed by atoms with E-state index in [1.165, 1.54) is 24.3 Å². The number of carbonyl (C=O) groups is 2. The molecule has 0 saturated carbocycles. The number of nitrogens with one attached hydrogen (secondary N) is 3. The van der Waals surface area contributed by atoms with Gasteiger partial charge in [-0.1, -0.05) is 36.4 Å². The number of halogens is 1. The highest BCUT2D eigenvalue weighted by atomic mass is 35.5. The van der Waals surface area contributed by atoms with E-state index in [1.54, 1.807) is 0 Å². The number of aromatic nitrogens is 4. The van der Waals surface area contributed by atoms with E-state index in [0.29, 0.717) is 12.1 Å². The molecule has 31 heteroatoms. The monoisotopic (exact) mass is 1060 g/mol. The maximum Gasteiger partial charge on any atom is 0.328 e. The van der Waals surface area contributed by atoms with Gasteiger partial charge in [-0.2, -0.15) is 57.0 Å². The summed E-state index contributed by atoms with van der Waals surface area (Å²) in [6.07, 6.45) is 0. The van der Waals surface area contributed by atoms with Crippen LogP contribution in [0.5, 0.6) is 11.8 Å². The molecule has 2 aromatic heterocycles. The van der Waals surface area contributed by atoms with E-state index in [-0.39, 0.29) is 22.9 Å². The van der Waals surface area contributed by atoms with E-state index < -0.39 is 160 Å². The summed E-state index contributed by atoms with van der Waals surface area (Å²) >= 11 is 6.06. The molecule has 0 amide bonds. The van der Waals surface area contributed by atoms with Crippen molar-refractivity contribution in [3.63, 3.8) is 0 Å². The van der Waals surface area contributed by atoms with Crippen LogP contribution in [-0.4, -0.2) is 96.4 Å². The van der Waals surface area contributed by atoms with Gasteiger partial charge in [-0.05, 0) is 71.8 Å². The van der Waals surface area contributed by atoms with Gasteiger partial charge in [-0.25, -0.2) is 0 Å². The topological polar surface area (TPSA) is 411 Å². The Morgan fingerprint density at radius 1 is 0.580 bits per heavy atom. The number of pyridine rings is 1. The van der Waals surface area contributed by atoms with E-state index in [1.807, 2.05) is 0 Å². The molecule has 0 aliphatic heterocycles. The predicted molar refractivity (Wildman–Crippen MR) is 237 cm³/mol. The minimum Gasteiger partial charge on any atom is -0.424 e. The van der Waals surface area contributed by atoms with E-state index in [0.717, 1.165) is 48.5 Å². The Balaban J connectivity index is 1.36. The van der Waals surface area contributed by atoms with Crippen LogP contribution in [0.1, 0.15) is 31.8 Å². The van der Waals surface area contributed by atoms with Crippen molar-refractivity contribution in [3.8, 4) is 22.9 Å². The number of carbonyl (C=O) groups excluding carboxylic acids is 2. The number of anilines is 4. The minimum atomic E-state index is -5.62. The maximum absolute atomic E-state index is 14.6. The Morgan fingerprint density at radius 2 is 1.17 bits per heavy atom. The molecule has 356 valence electrons. The van der Waals surface area contributed by atoms with Crippen LogP contribution in [0.4, 0.5) is 23.0 Å². The van der Waals surface area contributed by atoms with E-state index in [9.17, 15) is 79.2 Å². The van der Waals surface area contributed by atoms with Gasteiger partial charge in [0.1, 0.15) is 20.4 Å². The summed E-state index contributed by atoms with van der Waals surface area (Å²) in [6.45, 7) is 0. The fourth-order valence-electron chi connectivity index (χ4n) is 7.11. The summed E-state index contributed by atoms with van der Waals surface area (Å²) in [7, 11) is -26.2. The lowest BCUT2D eigenvalue weighted by molar-refractivity contribution is 0.102. The summed E-state index contributed by atoms with van der Waals surface area (Å²) in [6, 6.07) is 13.7. The molecule has 8 rings (SSSR count). The summed E-state index contributed by atoms with van der Waals surface area (Å²) in [4.78, 5) is 51.3. The summed E-state index contributed by atoms with van der Waals surface area (Å²) in [5.41, 5.74) is -7.50. The Morgan fingerprint density at radius 3 is 1.77 bits per heavy atom. The second-order valence-corrected chi connectivity index (χ2v) is 21.6. The zero-order chi connectivity index (χ0) is 50.3. The number of fused-ring (bicyclic) bond motifs is 2. The summed E-state index contributed by atoms with van der Waals surface area (Å²) in [5, 5.41) is 3.55. The van der Waals surface area contributed by atoms with Crippen LogP contribution in [0.25, 0.3) is 22.0 Å². The first-order chi connectivity index (χ1) is 32.0. The van der Waals surface area contributed by atoms with Crippen LogP contribution < -0.4 is 20.9 Å². The Bertz CT molecular complexity index is 4100. The summed E-state index contributed by atoms with van der Waals surface area (Å²) < 4.78 is 180. The van der Waals surface area contributed by atoms with Gasteiger partial charge < -0.3 is 20.4 Å². The molecule has 25 nitrogen and oxygen atoms in total. The van der Waals surface area contributed by atoms with Gasteiger partial charge in [0.2, 0.25) is 11.2 Å². The number of H-pyrrole nitrogens is 1. The number of ketones is 2. The molecule has 2 heterocycles. The third kappa shape index (κ3) is 9.40. The molecule has 7 aromatic rings. The van der Waals surface area contributed by atoms with Crippen LogP contribution in [0.15, 0.2) is 120 Å². The van der Waals surface area contributed by atoms with Crippen LogP contribution in [0.3, 0.4) is 0 Å². The Kier molecular flexibility index (Phi) is 11.8. The molecular weight excluding hydrogens is 1040 g/mol. The molecule has 0 atom stereocenters. The molecule has 1 aliphatic rings. The van der Waals surface area contributed by atoms with Gasteiger partial charge in [-0.15, -0.1) is 0 Å². The molecule has 5 aromatic carbocycles. The lowest BCUT2D eigenvalue weighted by atomic mass is 9.80. The van der Waals surface area contributed by atoms with Gasteiger partial charge in [0.25, 0.3) is 56.1 Å². The fraction of sp³-hybridized carbons (Fsp3) is 0. The van der Waals surface area contributed by atoms with Crippen molar-refractivity contribution in [3.05, 3.63) is 129 Å². The molecule has 0 fully saturated rings. The number of hydrogen-bond donors (Lipinski definition) is 8. The second kappa shape index (κ2) is 16.8. The number of ether oxygens (including phenoxy) is 1. The standard InChI is InChI=1S/C38H23ClN6O19S5/c39-36-43-37(45-38(44-36)64-17-8-10-18(11-9-17)65(49,50)51)41-23-13-22(25(67(55,56)57)15-26(23)68(58,59)60)40-24-14-27(69(61,62)63)32-30-28(20-6-1-2-7-21(20)34(47)29(24)30)31(35(48)42-32)33(46)16-4-3-5-19(12-16)66(52,53)54/h1-15,40H,(H,42,48)(H,49,50,51)(H,52,53,54)(H,55,56,57)(H,58,59,60)(H,61,62,63)(H,41,43,44,45). The van der Waals surface area contributed by atoms with Crippen molar-refractivity contribution in [1.29, 1.82) is 0 Å². The molecule has 1 aliphatic carbocycles.